The number of carboxylic acid groups (broad SMARTS) is 4. The molecule has 0 aliphatic carbocycles. The summed E-state index contributed by atoms with van der Waals surface area (Å²) in [4.78, 5) is 85.1. The molecule has 0 spiro atoms. The van der Waals surface area contributed by atoms with Gasteiger partial charge in [0.15, 0.2) is 0 Å². The summed E-state index contributed by atoms with van der Waals surface area (Å²) in [6.45, 7) is 31.7. The van der Waals surface area contributed by atoms with Gasteiger partial charge >= 0.3 is 11.9 Å². The van der Waals surface area contributed by atoms with Gasteiger partial charge in [-0.1, -0.05) is 132 Å². The molecule has 0 aromatic carbocycles. The first-order chi connectivity index (χ1) is 40.0. The van der Waals surface area contributed by atoms with Crippen molar-refractivity contribution in [2.75, 3.05) is 0 Å². The van der Waals surface area contributed by atoms with Gasteiger partial charge in [-0.3, -0.25) is 9.59 Å². The van der Waals surface area contributed by atoms with Gasteiger partial charge in [0.25, 0.3) is 0 Å². The van der Waals surface area contributed by atoms with E-state index in [9.17, 15) is 39.6 Å². The Bertz CT molecular complexity index is 4130. The van der Waals surface area contributed by atoms with Crippen LogP contribution >= 0.6 is 0 Å². The van der Waals surface area contributed by atoms with Crippen molar-refractivity contribution in [3.8, 4) is 0 Å². The van der Waals surface area contributed by atoms with E-state index in [1.807, 2.05) is 104 Å². The average Bonchev–Trinajstić information content (AvgIpc) is 2.37. The van der Waals surface area contributed by atoms with Gasteiger partial charge in [-0.15, -0.1) is 44.1 Å². The number of nitrogens with zero attached hydrogens (tertiary/aromatic N) is 8. The van der Waals surface area contributed by atoms with E-state index in [0.29, 0.717) is 55.5 Å². The summed E-state index contributed by atoms with van der Waals surface area (Å²) in [7, 11) is 0. The van der Waals surface area contributed by atoms with Crippen molar-refractivity contribution in [2.45, 2.75) is 107 Å². The number of hydrogen-bond acceptors (Lipinski definition) is 10. The Morgan fingerprint density at radius 1 is 0.372 bits per heavy atom. The summed E-state index contributed by atoms with van der Waals surface area (Å²) >= 11 is 0. The van der Waals surface area contributed by atoms with Crippen molar-refractivity contribution in [1.29, 1.82) is 0 Å². The quantitative estimate of drug-likeness (QED) is 0.0854. The topological polar surface area (TPSA) is 263 Å². The molecule has 2 N–H and O–H groups in total. The predicted molar refractivity (Wildman–Crippen MR) is 326 cm³/mol. The smallest absolute Gasteiger partial charge is 0.303 e. The molecule has 16 bridgehead atoms. The molecule has 0 saturated carbocycles. The number of carbonyl (C=O) groups is 4. The van der Waals surface area contributed by atoms with Crippen LogP contribution in [0.1, 0.15) is 143 Å². The van der Waals surface area contributed by atoms with Gasteiger partial charge in [-0.05, 0) is 128 Å². The number of fused-ring (bicyclic) bond motifs is 16. The summed E-state index contributed by atoms with van der Waals surface area (Å²) in [5.41, 5.74) is 24.8. The van der Waals surface area contributed by atoms with E-state index >= 15 is 0 Å². The minimum atomic E-state index is -1.15. The van der Waals surface area contributed by atoms with E-state index in [1.54, 1.807) is 24.3 Å². The molecule has 4 aliphatic rings. The largest absolute Gasteiger partial charge is 0.657 e. The van der Waals surface area contributed by atoms with Crippen molar-refractivity contribution < 1.29 is 73.7 Å². The second-order valence-corrected chi connectivity index (χ2v) is 21.1. The Kier molecular flexibility index (Phi) is 20.0. The fourth-order valence-electron chi connectivity index (χ4n) is 11.2. The molecular weight excluding hydrogens is 1170 g/mol. The fraction of sp³-hybridized carbons (Fsp3) is 0.235. The second kappa shape index (κ2) is 26.6. The van der Waals surface area contributed by atoms with E-state index in [4.69, 9.17) is 39.9 Å². The van der Waals surface area contributed by atoms with E-state index in [-0.39, 0.29) is 85.5 Å². The Balaban J connectivity index is 0.000000240. The van der Waals surface area contributed by atoms with Crippen LogP contribution in [0.3, 0.4) is 0 Å². The number of allylic oxidation sites excluding steroid dienone is 12. The van der Waals surface area contributed by atoms with Crippen LogP contribution in [0.5, 0.6) is 0 Å². The molecule has 10 heterocycles. The summed E-state index contributed by atoms with van der Waals surface area (Å²) < 4.78 is 0. The molecule has 6 aromatic heterocycles. The molecule has 10 rings (SSSR count). The van der Waals surface area contributed by atoms with Crippen molar-refractivity contribution in [1.82, 2.24) is 39.9 Å². The van der Waals surface area contributed by atoms with Gasteiger partial charge in [-0.25, -0.2) is 19.9 Å². The molecule has 4 aliphatic heterocycles. The maximum absolute atomic E-state index is 11.5. The molecule has 0 amide bonds. The number of hydrogen-bond donors (Lipinski definition) is 2. The van der Waals surface area contributed by atoms with Crippen LogP contribution in [0.4, 0.5) is 0 Å². The number of aliphatic carboxylic acids is 4. The van der Waals surface area contributed by atoms with Crippen molar-refractivity contribution in [3.63, 3.8) is 0 Å². The summed E-state index contributed by atoms with van der Waals surface area (Å²) in [6.07, 6.45) is 7.71. The Morgan fingerprint density at radius 2 is 0.593 bits per heavy atom. The van der Waals surface area contributed by atoms with E-state index in [0.717, 1.165) is 123 Å². The predicted octanol–water partition coefficient (Wildman–Crippen LogP) is 10.2. The van der Waals surface area contributed by atoms with Crippen LogP contribution in [-0.2, 0) is 79.0 Å². The van der Waals surface area contributed by atoms with Gasteiger partial charge in [0, 0.05) is 81.2 Å². The van der Waals surface area contributed by atoms with E-state index in [2.05, 4.69) is 26.3 Å². The number of aromatic nitrogens is 8. The molecule has 0 fully saturated rings. The normalized spacial score (nSPS) is 12.7. The van der Waals surface area contributed by atoms with Crippen LogP contribution in [-0.4, -0.2) is 54.0 Å². The maximum atomic E-state index is 11.5. The van der Waals surface area contributed by atoms with Crippen molar-refractivity contribution >= 4 is 113 Å². The first kappa shape index (κ1) is 64.6. The third-order valence-electron chi connectivity index (χ3n) is 16.1. The zero-order chi connectivity index (χ0) is 60.6. The Labute approximate surface area is 519 Å². The zero-order valence-electron chi connectivity index (χ0n) is 49.0. The SMILES string of the molecule is C=CC1=C(C)c2cc3[n-]c(cc4[n-]c(cc5nc(cc1n2)C(C)=C5C=C)c(C)c4CCC(=O)O)c(CCC(=O)[O-])c3C.C=CC1=C(C)c2cc3[n-]c(cc4[n-]c(cc5nc(cc1n2)C(C)=C5C=C)c(C)c4CCC(=O)[O-])c(CCC(=O)O)c3C.[Fe].[Fe]. The minimum absolute atomic E-state index is 0. The molecule has 0 unspecified atom stereocenters. The molecule has 16 nitrogen and oxygen atoms in total. The van der Waals surface area contributed by atoms with E-state index in [1.165, 1.54) is 0 Å². The number of aryl methyl sites for hydroxylation is 8. The summed E-state index contributed by atoms with van der Waals surface area (Å²) in [5.74, 6) is -4.11. The maximum Gasteiger partial charge on any atom is 0.303 e. The fourth-order valence-corrected chi connectivity index (χ4v) is 11.2. The molecule has 444 valence electrons. The molecular formula is C68H62Fe2N8O8-6. The van der Waals surface area contributed by atoms with Gasteiger partial charge in [0.2, 0.25) is 0 Å². The van der Waals surface area contributed by atoms with Gasteiger partial charge < -0.3 is 50.0 Å². The van der Waals surface area contributed by atoms with Crippen LogP contribution in [0.15, 0.2) is 99.2 Å². The molecule has 0 radical (unpaired) electrons. The molecule has 6 aromatic rings. The van der Waals surface area contributed by atoms with Crippen LogP contribution in [0.25, 0.3) is 88.7 Å². The van der Waals surface area contributed by atoms with Gasteiger partial charge in [0.05, 0.1) is 45.6 Å². The number of carbonyl (C=O) groups excluding carboxylic acids is 2. The third kappa shape index (κ3) is 12.8. The Morgan fingerprint density at radius 3 is 0.826 bits per heavy atom. The summed E-state index contributed by atoms with van der Waals surface area (Å²) in [6, 6.07) is 15.1. The average molecular weight is 1230 g/mol. The minimum Gasteiger partial charge on any atom is -0.657 e. The van der Waals surface area contributed by atoms with Crippen LogP contribution in [0.2, 0.25) is 0 Å². The molecule has 86 heavy (non-hydrogen) atoms. The van der Waals surface area contributed by atoms with Crippen LogP contribution < -0.4 is 30.1 Å². The molecule has 18 heteroatoms. The first-order valence-corrected chi connectivity index (χ1v) is 27.5. The van der Waals surface area contributed by atoms with Crippen molar-refractivity contribution in [2.24, 2.45) is 0 Å². The zero-order valence-corrected chi connectivity index (χ0v) is 51.3. The number of carboxylic acids is 4. The van der Waals surface area contributed by atoms with E-state index < -0.39 is 23.9 Å². The summed E-state index contributed by atoms with van der Waals surface area (Å²) in [5, 5.41) is 41.7. The number of rotatable bonds is 16. The standard InChI is InChI=1S/2C34H34N4O4.2Fe/c2*1-7-21-17(3)25-13-26-19(5)23(9-11-33(39)40)31(37-26)16-32-24(10-12-34(41)42)20(6)28(38-32)15-30-22(8-2)18(4)27(36-30)14-29(21)35-25;;/h2*7-8,13-16H,1-2,9-12H2,3-6H3,(H4,35,36,37,38,39,40,41,42);;/p-6. The van der Waals surface area contributed by atoms with Gasteiger partial charge in [0.1, 0.15) is 0 Å². The monoisotopic (exact) mass is 1230 g/mol. The Hall–Kier alpha value is -8.92. The van der Waals surface area contributed by atoms with Crippen LogP contribution in [0, 0.1) is 27.7 Å². The molecule has 0 saturated heterocycles. The first-order valence-electron chi connectivity index (χ1n) is 27.5. The van der Waals surface area contributed by atoms with Gasteiger partial charge in [-0.2, -0.15) is 0 Å². The molecule has 0 atom stereocenters. The second-order valence-electron chi connectivity index (χ2n) is 21.1. The third-order valence-corrected chi connectivity index (χ3v) is 16.1. The van der Waals surface area contributed by atoms with Crippen molar-refractivity contribution in [3.05, 3.63) is 189 Å².